The van der Waals surface area contributed by atoms with E-state index in [0.29, 0.717) is 28.7 Å². The standard InChI is InChI=1S/C21H24N2O5/c1-23-12-22-19(13-7-15(24-2)11-16(8-13)25-3)20(23)14-9-17(26-4)21(28-6)18(10-14)27-5/h7-12H,1-6H3. The summed E-state index contributed by atoms with van der Waals surface area (Å²) in [6, 6.07) is 9.47. The zero-order chi connectivity index (χ0) is 20.3. The smallest absolute Gasteiger partial charge is 0.203 e. The van der Waals surface area contributed by atoms with Gasteiger partial charge in [-0.3, -0.25) is 0 Å². The van der Waals surface area contributed by atoms with Crippen LogP contribution in [0.4, 0.5) is 0 Å². The van der Waals surface area contributed by atoms with E-state index >= 15 is 0 Å². The van der Waals surface area contributed by atoms with E-state index in [-0.39, 0.29) is 0 Å². The summed E-state index contributed by atoms with van der Waals surface area (Å²) >= 11 is 0. The summed E-state index contributed by atoms with van der Waals surface area (Å²) in [4.78, 5) is 4.61. The third-order valence-corrected chi connectivity index (χ3v) is 4.50. The highest BCUT2D eigenvalue weighted by Gasteiger charge is 2.20. The number of methoxy groups -OCH3 is 5. The summed E-state index contributed by atoms with van der Waals surface area (Å²) in [5.74, 6) is 3.08. The van der Waals surface area contributed by atoms with Crippen molar-refractivity contribution in [3.05, 3.63) is 36.7 Å². The van der Waals surface area contributed by atoms with Gasteiger partial charge >= 0.3 is 0 Å². The number of rotatable bonds is 7. The molecule has 0 aliphatic carbocycles. The molecule has 0 aliphatic rings. The predicted octanol–water partition coefficient (Wildman–Crippen LogP) is 3.80. The summed E-state index contributed by atoms with van der Waals surface area (Å²) in [6.07, 6.45) is 1.76. The Hall–Kier alpha value is -3.35. The first kappa shape index (κ1) is 19.4. The number of aromatic nitrogens is 2. The van der Waals surface area contributed by atoms with Gasteiger partial charge in [-0.2, -0.15) is 0 Å². The maximum atomic E-state index is 5.50. The molecule has 7 nitrogen and oxygen atoms in total. The second-order valence-corrected chi connectivity index (χ2v) is 6.07. The molecule has 0 fully saturated rings. The highest BCUT2D eigenvalue weighted by molar-refractivity contribution is 5.82. The van der Waals surface area contributed by atoms with Crippen LogP contribution in [0.5, 0.6) is 28.7 Å². The average molecular weight is 384 g/mol. The van der Waals surface area contributed by atoms with Gasteiger partial charge in [0.25, 0.3) is 0 Å². The van der Waals surface area contributed by atoms with Gasteiger partial charge in [0.05, 0.1) is 53.3 Å². The summed E-state index contributed by atoms with van der Waals surface area (Å²) in [5.41, 5.74) is 3.44. The zero-order valence-corrected chi connectivity index (χ0v) is 16.9. The van der Waals surface area contributed by atoms with Crippen molar-refractivity contribution in [2.24, 2.45) is 7.05 Å². The third kappa shape index (κ3) is 3.43. The van der Waals surface area contributed by atoms with Crippen molar-refractivity contribution in [3.8, 4) is 51.3 Å². The summed E-state index contributed by atoms with van der Waals surface area (Å²) in [6.45, 7) is 0. The van der Waals surface area contributed by atoms with E-state index in [1.54, 1.807) is 41.9 Å². The predicted molar refractivity (Wildman–Crippen MR) is 107 cm³/mol. The SMILES string of the molecule is COc1cc(OC)cc(-c2ncn(C)c2-c2cc(OC)c(OC)c(OC)c2)c1. The van der Waals surface area contributed by atoms with Crippen LogP contribution in [0.15, 0.2) is 36.7 Å². The van der Waals surface area contributed by atoms with Crippen molar-refractivity contribution < 1.29 is 23.7 Å². The molecule has 0 aliphatic heterocycles. The highest BCUT2D eigenvalue weighted by Crippen LogP contribution is 2.43. The van der Waals surface area contributed by atoms with Crippen LogP contribution in [0.3, 0.4) is 0 Å². The monoisotopic (exact) mass is 384 g/mol. The summed E-state index contributed by atoms with van der Waals surface area (Å²) in [5, 5.41) is 0. The molecular weight excluding hydrogens is 360 g/mol. The molecule has 0 saturated heterocycles. The molecule has 2 aromatic carbocycles. The molecule has 0 atom stereocenters. The molecule has 0 saturated carbocycles. The lowest BCUT2D eigenvalue weighted by Gasteiger charge is -2.15. The van der Waals surface area contributed by atoms with E-state index in [2.05, 4.69) is 4.98 Å². The molecule has 28 heavy (non-hydrogen) atoms. The zero-order valence-electron chi connectivity index (χ0n) is 16.9. The number of hydrogen-bond acceptors (Lipinski definition) is 6. The molecule has 0 unspecified atom stereocenters. The molecule has 0 N–H and O–H groups in total. The molecule has 0 bridgehead atoms. The fourth-order valence-electron chi connectivity index (χ4n) is 3.14. The maximum Gasteiger partial charge on any atom is 0.203 e. The van der Waals surface area contributed by atoms with Crippen molar-refractivity contribution in [1.29, 1.82) is 0 Å². The molecule has 1 heterocycles. The van der Waals surface area contributed by atoms with Crippen LogP contribution < -0.4 is 23.7 Å². The van der Waals surface area contributed by atoms with Gasteiger partial charge in [-0.05, 0) is 24.3 Å². The molecule has 0 amide bonds. The second kappa shape index (κ2) is 8.12. The molecule has 3 aromatic rings. The van der Waals surface area contributed by atoms with E-state index < -0.39 is 0 Å². The minimum Gasteiger partial charge on any atom is -0.497 e. The summed E-state index contributed by atoms with van der Waals surface area (Å²) in [7, 11) is 9.95. The van der Waals surface area contributed by atoms with Crippen molar-refractivity contribution >= 4 is 0 Å². The average Bonchev–Trinajstić information content (AvgIpc) is 3.13. The van der Waals surface area contributed by atoms with E-state index in [9.17, 15) is 0 Å². The number of nitrogens with zero attached hydrogens (tertiary/aromatic N) is 2. The van der Waals surface area contributed by atoms with Crippen LogP contribution >= 0.6 is 0 Å². The van der Waals surface area contributed by atoms with E-state index in [1.165, 1.54) is 0 Å². The normalized spacial score (nSPS) is 10.5. The van der Waals surface area contributed by atoms with Crippen molar-refractivity contribution in [3.63, 3.8) is 0 Å². The number of imidazole rings is 1. The van der Waals surface area contributed by atoms with Crippen molar-refractivity contribution in [2.75, 3.05) is 35.5 Å². The first-order valence-corrected chi connectivity index (χ1v) is 8.61. The van der Waals surface area contributed by atoms with Crippen LogP contribution in [0, 0.1) is 0 Å². The number of hydrogen-bond donors (Lipinski definition) is 0. The van der Waals surface area contributed by atoms with E-state index in [1.807, 2.05) is 41.9 Å². The molecule has 148 valence electrons. The largest absolute Gasteiger partial charge is 0.497 e. The van der Waals surface area contributed by atoms with E-state index in [0.717, 1.165) is 22.5 Å². The molecule has 0 radical (unpaired) electrons. The maximum absolute atomic E-state index is 5.50. The minimum atomic E-state index is 0.542. The van der Waals surface area contributed by atoms with E-state index in [4.69, 9.17) is 23.7 Å². The quantitative estimate of drug-likeness (QED) is 0.617. The second-order valence-electron chi connectivity index (χ2n) is 6.07. The lowest BCUT2D eigenvalue weighted by Crippen LogP contribution is -1.98. The fraction of sp³-hybridized carbons (Fsp3) is 0.286. The Balaban J connectivity index is 2.23. The van der Waals surface area contributed by atoms with Crippen molar-refractivity contribution in [2.45, 2.75) is 0 Å². The molecule has 7 heteroatoms. The van der Waals surface area contributed by atoms with Crippen LogP contribution in [0.2, 0.25) is 0 Å². The first-order valence-electron chi connectivity index (χ1n) is 8.61. The number of ether oxygens (including phenoxy) is 5. The van der Waals surface area contributed by atoms with Gasteiger partial charge in [-0.1, -0.05) is 0 Å². The topological polar surface area (TPSA) is 64.0 Å². The van der Waals surface area contributed by atoms with Gasteiger partial charge in [-0.15, -0.1) is 0 Å². The Morgan fingerprint density at radius 3 is 1.71 bits per heavy atom. The van der Waals surface area contributed by atoms with Gasteiger partial charge in [0.15, 0.2) is 11.5 Å². The Bertz CT molecular complexity index is 934. The number of benzene rings is 2. The van der Waals surface area contributed by atoms with Gasteiger partial charge in [0, 0.05) is 24.2 Å². The molecule has 1 aromatic heterocycles. The lowest BCUT2D eigenvalue weighted by atomic mass is 10.0. The van der Waals surface area contributed by atoms with Crippen LogP contribution in [-0.4, -0.2) is 45.1 Å². The lowest BCUT2D eigenvalue weighted by molar-refractivity contribution is 0.324. The Morgan fingerprint density at radius 1 is 0.679 bits per heavy atom. The molecular formula is C21H24N2O5. The van der Waals surface area contributed by atoms with Gasteiger partial charge in [-0.25, -0.2) is 4.98 Å². The van der Waals surface area contributed by atoms with Crippen LogP contribution in [0.1, 0.15) is 0 Å². The van der Waals surface area contributed by atoms with Gasteiger partial charge in [0.1, 0.15) is 11.5 Å². The molecule has 3 rings (SSSR count). The van der Waals surface area contributed by atoms with Crippen molar-refractivity contribution in [1.82, 2.24) is 9.55 Å². The first-order chi connectivity index (χ1) is 13.6. The highest BCUT2D eigenvalue weighted by atomic mass is 16.5. The molecule has 0 spiro atoms. The Kier molecular flexibility index (Phi) is 5.63. The summed E-state index contributed by atoms with van der Waals surface area (Å²) < 4.78 is 29.2. The van der Waals surface area contributed by atoms with Crippen LogP contribution in [-0.2, 0) is 7.05 Å². The van der Waals surface area contributed by atoms with Gasteiger partial charge < -0.3 is 28.3 Å². The Labute approximate surface area is 164 Å². The Morgan fingerprint density at radius 2 is 1.25 bits per heavy atom. The minimum absolute atomic E-state index is 0.542. The fourth-order valence-corrected chi connectivity index (χ4v) is 3.14. The third-order valence-electron chi connectivity index (χ3n) is 4.50. The number of aryl methyl sites for hydroxylation is 1. The van der Waals surface area contributed by atoms with Gasteiger partial charge in [0.2, 0.25) is 5.75 Å². The van der Waals surface area contributed by atoms with Crippen LogP contribution in [0.25, 0.3) is 22.5 Å².